The van der Waals surface area contributed by atoms with Gasteiger partial charge < -0.3 is 19.3 Å². The van der Waals surface area contributed by atoms with Crippen molar-refractivity contribution in [3.8, 4) is 0 Å². The first-order chi connectivity index (χ1) is 10.4. The molecule has 2 heterocycles. The van der Waals surface area contributed by atoms with Gasteiger partial charge in [-0.1, -0.05) is 19.0 Å². The van der Waals surface area contributed by atoms with E-state index < -0.39 is 11.4 Å². The maximum absolute atomic E-state index is 12.5. The van der Waals surface area contributed by atoms with Crippen LogP contribution in [0.2, 0.25) is 0 Å². The monoisotopic (exact) mass is 310 g/mol. The summed E-state index contributed by atoms with van der Waals surface area (Å²) in [5.41, 5.74) is -0.824. The Labute approximate surface area is 129 Å². The molecule has 1 atom stereocenters. The van der Waals surface area contributed by atoms with E-state index in [1.165, 1.54) is 12.0 Å². The third-order valence-electron chi connectivity index (χ3n) is 4.05. The van der Waals surface area contributed by atoms with Crippen molar-refractivity contribution in [1.82, 2.24) is 10.1 Å². The van der Waals surface area contributed by atoms with Crippen molar-refractivity contribution < 1.29 is 24.0 Å². The number of hydrogen-bond donors (Lipinski definition) is 1. The number of hydrogen-bond acceptors (Lipinski definition) is 5. The molecule has 22 heavy (non-hydrogen) atoms. The summed E-state index contributed by atoms with van der Waals surface area (Å²) < 4.78 is 10.2. The van der Waals surface area contributed by atoms with E-state index in [0.717, 1.165) is 0 Å². The van der Waals surface area contributed by atoms with Gasteiger partial charge in [-0.25, -0.2) is 0 Å². The van der Waals surface area contributed by atoms with Gasteiger partial charge in [0, 0.05) is 32.2 Å². The fourth-order valence-corrected chi connectivity index (χ4v) is 2.76. The largest absolute Gasteiger partial charge is 0.481 e. The first kappa shape index (κ1) is 16.5. The summed E-state index contributed by atoms with van der Waals surface area (Å²) >= 11 is 0. The van der Waals surface area contributed by atoms with E-state index in [0.29, 0.717) is 25.1 Å². The minimum atomic E-state index is -1.05. The average molecular weight is 310 g/mol. The maximum Gasteiger partial charge on any atom is 0.313 e. The Morgan fingerprint density at radius 2 is 2.27 bits per heavy atom. The SMILES string of the molecule is COCC1(C(=O)O)CCCN(C(=O)c2cc(C(C)C)on2)C1. The summed E-state index contributed by atoms with van der Waals surface area (Å²) in [6.07, 6.45) is 1.12. The number of likely N-dealkylation sites (tertiary alicyclic amines) is 1. The third kappa shape index (κ3) is 3.14. The van der Waals surface area contributed by atoms with E-state index in [9.17, 15) is 14.7 Å². The first-order valence-corrected chi connectivity index (χ1v) is 7.38. The van der Waals surface area contributed by atoms with Crippen molar-refractivity contribution in [3.63, 3.8) is 0 Å². The highest BCUT2D eigenvalue weighted by Crippen LogP contribution is 2.31. The number of ether oxygens (including phenoxy) is 1. The molecule has 7 heteroatoms. The molecule has 1 aliphatic heterocycles. The number of nitrogens with zero attached hydrogens (tertiary/aromatic N) is 2. The molecular weight excluding hydrogens is 288 g/mol. The minimum absolute atomic E-state index is 0.0855. The zero-order valence-corrected chi connectivity index (χ0v) is 13.2. The molecule has 0 saturated carbocycles. The number of piperidine rings is 1. The molecule has 7 nitrogen and oxygen atoms in total. The summed E-state index contributed by atoms with van der Waals surface area (Å²) in [5, 5.41) is 13.3. The van der Waals surface area contributed by atoms with Crippen LogP contribution in [-0.2, 0) is 9.53 Å². The van der Waals surface area contributed by atoms with E-state index in [4.69, 9.17) is 9.26 Å². The van der Waals surface area contributed by atoms with Crippen LogP contribution in [0, 0.1) is 5.41 Å². The van der Waals surface area contributed by atoms with Gasteiger partial charge in [0.1, 0.15) is 11.2 Å². The van der Waals surface area contributed by atoms with E-state index in [1.807, 2.05) is 13.8 Å². The van der Waals surface area contributed by atoms with Crippen molar-refractivity contribution in [2.45, 2.75) is 32.6 Å². The van der Waals surface area contributed by atoms with E-state index in [2.05, 4.69) is 5.16 Å². The highest BCUT2D eigenvalue weighted by Gasteiger charge is 2.44. The Balaban J connectivity index is 2.17. The molecule has 1 aromatic rings. The van der Waals surface area contributed by atoms with E-state index >= 15 is 0 Å². The van der Waals surface area contributed by atoms with Crippen LogP contribution in [0.5, 0.6) is 0 Å². The zero-order valence-electron chi connectivity index (χ0n) is 13.2. The molecule has 1 aliphatic rings. The topological polar surface area (TPSA) is 92.9 Å². The van der Waals surface area contributed by atoms with Crippen molar-refractivity contribution in [2.24, 2.45) is 5.41 Å². The number of carbonyl (C=O) groups is 2. The molecule has 0 radical (unpaired) electrons. The summed E-state index contributed by atoms with van der Waals surface area (Å²) in [5.74, 6) is -0.448. The van der Waals surface area contributed by atoms with Gasteiger partial charge >= 0.3 is 5.97 Å². The Morgan fingerprint density at radius 3 is 2.82 bits per heavy atom. The van der Waals surface area contributed by atoms with Crippen LogP contribution < -0.4 is 0 Å². The van der Waals surface area contributed by atoms with Crippen molar-refractivity contribution in [2.75, 3.05) is 26.8 Å². The molecular formula is C15H22N2O5. The lowest BCUT2D eigenvalue weighted by Crippen LogP contribution is -2.52. The van der Waals surface area contributed by atoms with Gasteiger partial charge in [0.15, 0.2) is 5.69 Å². The lowest BCUT2D eigenvalue weighted by Gasteiger charge is -2.39. The summed E-state index contributed by atoms with van der Waals surface area (Å²) in [6, 6.07) is 1.63. The number of rotatable bonds is 5. The molecule has 0 aromatic carbocycles. The van der Waals surface area contributed by atoms with Crippen molar-refractivity contribution >= 4 is 11.9 Å². The second-order valence-electron chi connectivity index (χ2n) is 6.12. The van der Waals surface area contributed by atoms with Crippen LogP contribution in [0.25, 0.3) is 0 Å². The molecule has 0 bridgehead atoms. The van der Waals surface area contributed by atoms with Crippen molar-refractivity contribution in [3.05, 3.63) is 17.5 Å². The van der Waals surface area contributed by atoms with E-state index in [-0.39, 0.29) is 30.7 Å². The number of carbonyl (C=O) groups excluding carboxylic acids is 1. The zero-order chi connectivity index (χ0) is 16.3. The van der Waals surface area contributed by atoms with Gasteiger partial charge in [0.25, 0.3) is 5.91 Å². The van der Waals surface area contributed by atoms with Gasteiger partial charge in [-0.3, -0.25) is 9.59 Å². The van der Waals surface area contributed by atoms with Crippen molar-refractivity contribution in [1.29, 1.82) is 0 Å². The molecule has 0 spiro atoms. The number of methoxy groups -OCH3 is 1. The molecule has 1 saturated heterocycles. The number of carboxylic acid groups (broad SMARTS) is 1. The van der Waals surface area contributed by atoms with Crippen LogP contribution in [0.1, 0.15) is 48.9 Å². The fraction of sp³-hybridized carbons (Fsp3) is 0.667. The normalized spacial score (nSPS) is 22.1. The first-order valence-electron chi connectivity index (χ1n) is 7.38. The number of carboxylic acids is 1. The Morgan fingerprint density at radius 1 is 1.55 bits per heavy atom. The standard InChI is InChI=1S/C15H22N2O5/c1-10(2)12-7-11(16-22-12)13(18)17-6-4-5-15(8-17,9-21-3)14(19)20/h7,10H,4-6,8-9H2,1-3H3,(H,19,20). The molecule has 1 amide bonds. The Kier molecular flexibility index (Phi) is 4.85. The fourth-order valence-electron chi connectivity index (χ4n) is 2.76. The van der Waals surface area contributed by atoms with Gasteiger partial charge in [-0.2, -0.15) is 0 Å². The van der Waals surface area contributed by atoms with Crippen LogP contribution in [0.15, 0.2) is 10.6 Å². The van der Waals surface area contributed by atoms with Gasteiger partial charge in [0.2, 0.25) is 0 Å². The van der Waals surface area contributed by atoms with Crippen LogP contribution >= 0.6 is 0 Å². The maximum atomic E-state index is 12.5. The second kappa shape index (κ2) is 6.48. The van der Waals surface area contributed by atoms with Gasteiger partial charge in [0.05, 0.1) is 6.61 Å². The Hall–Kier alpha value is -1.89. The summed E-state index contributed by atoms with van der Waals surface area (Å²) in [6.45, 7) is 4.62. The molecule has 1 unspecified atom stereocenters. The average Bonchev–Trinajstić information content (AvgIpc) is 2.97. The number of aliphatic carboxylic acids is 1. The van der Waals surface area contributed by atoms with Crippen LogP contribution in [-0.4, -0.2) is 53.8 Å². The minimum Gasteiger partial charge on any atom is -0.481 e. The predicted molar refractivity (Wildman–Crippen MR) is 77.7 cm³/mol. The van der Waals surface area contributed by atoms with Gasteiger partial charge in [-0.15, -0.1) is 0 Å². The quantitative estimate of drug-likeness (QED) is 0.890. The molecule has 1 fully saturated rings. The van der Waals surface area contributed by atoms with Crippen LogP contribution in [0.3, 0.4) is 0 Å². The van der Waals surface area contributed by atoms with Gasteiger partial charge in [-0.05, 0) is 12.8 Å². The molecule has 1 aromatic heterocycles. The third-order valence-corrected chi connectivity index (χ3v) is 4.05. The Bertz CT molecular complexity index is 550. The highest BCUT2D eigenvalue weighted by molar-refractivity contribution is 5.93. The highest BCUT2D eigenvalue weighted by atomic mass is 16.5. The smallest absolute Gasteiger partial charge is 0.313 e. The molecule has 122 valence electrons. The second-order valence-corrected chi connectivity index (χ2v) is 6.12. The number of aromatic nitrogens is 1. The predicted octanol–water partition coefficient (Wildman–Crippen LogP) is 1.75. The molecule has 2 rings (SSSR count). The van der Waals surface area contributed by atoms with E-state index in [1.54, 1.807) is 6.07 Å². The lowest BCUT2D eigenvalue weighted by molar-refractivity contribution is -0.155. The number of amides is 1. The lowest BCUT2D eigenvalue weighted by atomic mass is 9.80. The summed E-state index contributed by atoms with van der Waals surface area (Å²) in [4.78, 5) is 25.7. The van der Waals surface area contributed by atoms with Crippen LogP contribution in [0.4, 0.5) is 0 Å². The molecule has 0 aliphatic carbocycles. The summed E-state index contributed by atoms with van der Waals surface area (Å²) in [7, 11) is 1.47. The molecule has 1 N–H and O–H groups in total.